The van der Waals surface area contributed by atoms with E-state index in [9.17, 15) is 0 Å². The number of halogens is 1. The van der Waals surface area contributed by atoms with E-state index in [0.717, 1.165) is 26.9 Å². The van der Waals surface area contributed by atoms with Crippen molar-refractivity contribution in [2.75, 3.05) is 0 Å². The average molecular weight is 287 g/mol. The minimum Gasteiger partial charge on any atom is -0.338 e. The van der Waals surface area contributed by atoms with Crippen LogP contribution in [0.15, 0.2) is 46.9 Å². The molecule has 17 heavy (non-hydrogen) atoms. The number of hydrogen-bond acceptors (Lipinski definition) is 1. The van der Waals surface area contributed by atoms with Gasteiger partial charge in [-0.05, 0) is 36.8 Å². The van der Waals surface area contributed by atoms with Gasteiger partial charge < -0.3 is 4.98 Å². The van der Waals surface area contributed by atoms with Crippen LogP contribution in [0.3, 0.4) is 0 Å². The molecule has 84 valence electrons. The Morgan fingerprint density at radius 1 is 1.12 bits per heavy atom. The second-order valence-corrected chi connectivity index (χ2v) is 5.03. The number of benzene rings is 2. The number of fused-ring (bicyclic) bond motifs is 1. The van der Waals surface area contributed by atoms with Crippen LogP contribution in [-0.4, -0.2) is 9.97 Å². The first kappa shape index (κ1) is 10.5. The first-order chi connectivity index (χ1) is 8.22. The summed E-state index contributed by atoms with van der Waals surface area (Å²) in [5, 5.41) is 0. The van der Waals surface area contributed by atoms with Gasteiger partial charge in [-0.3, -0.25) is 0 Å². The molecule has 0 bridgehead atoms. The van der Waals surface area contributed by atoms with Crippen LogP contribution in [0.5, 0.6) is 0 Å². The van der Waals surface area contributed by atoms with Crippen molar-refractivity contribution >= 4 is 27.0 Å². The van der Waals surface area contributed by atoms with E-state index in [2.05, 4.69) is 57.1 Å². The van der Waals surface area contributed by atoms with Crippen molar-refractivity contribution in [1.82, 2.24) is 9.97 Å². The number of rotatable bonds is 1. The molecular weight excluding hydrogens is 276 g/mol. The lowest BCUT2D eigenvalue weighted by molar-refractivity contribution is 1.33. The second-order valence-electron chi connectivity index (χ2n) is 4.12. The first-order valence-electron chi connectivity index (χ1n) is 5.45. The Labute approximate surface area is 108 Å². The highest BCUT2D eigenvalue weighted by atomic mass is 79.9. The molecule has 3 heteroatoms. The molecule has 3 aromatic rings. The topological polar surface area (TPSA) is 28.7 Å². The van der Waals surface area contributed by atoms with Gasteiger partial charge in [-0.25, -0.2) is 4.98 Å². The van der Waals surface area contributed by atoms with Crippen molar-refractivity contribution in [2.45, 2.75) is 6.92 Å². The molecule has 3 rings (SSSR count). The van der Waals surface area contributed by atoms with E-state index >= 15 is 0 Å². The lowest BCUT2D eigenvalue weighted by atomic mass is 10.2. The van der Waals surface area contributed by atoms with Crippen LogP contribution >= 0.6 is 15.9 Å². The van der Waals surface area contributed by atoms with Gasteiger partial charge >= 0.3 is 0 Å². The molecule has 0 saturated heterocycles. The maximum absolute atomic E-state index is 4.59. The standard InChI is InChI=1S/C14H11BrN2/c1-9-5-6-12-13(7-9)17-14(16-12)10-3-2-4-11(15)8-10/h2-8H,1H3,(H,16,17). The van der Waals surface area contributed by atoms with E-state index in [1.54, 1.807) is 0 Å². The minimum absolute atomic E-state index is 0.909. The van der Waals surface area contributed by atoms with E-state index in [0.29, 0.717) is 0 Å². The number of aromatic amines is 1. The SMILES string of the molecule is Cc1ccc2nc(-c3cccc(Br)c3)[nH]c2c1. The van der Waals surface area contributed by atoms with E-state index < -0.39 is 0 Å². The van der Waals surface area contributed by atoms with Gasteiger partial charge in [0.25, 0.3) is 0 Å². The Balaban J connectivity index is 2.18. The Morgan fingerprint density at radius 2 is 2.00 bits per heavy atom. The molecule has 0 spiro atoms. The highest BCUT2D eigenvalue weighted by molar-refractivity contribution is 9.10. The third-order valence-corrected chi connectivity index (χ3v) is 3.23. The monoisotopic (exact) mass is 286 g/mol. The molecule has 1 heterocycles. The molecule has 0 saturated carbocycles. The molecule has 2 aromatic carbocycles. The van der Waals surface area contributed by atoms with Gasteiger partial charge in [-0.15, -0.1) is 0 Å². The summed E-state index contributed by atoms with van der Waals surface area (Å²) in [5.74, 6) is 0.909. The molecule has 0 aliphatic carbocycles. The third-order valence-electron chi connectivity index (χ3n) is 2.74. The second kappa shape index (κ2) is 4.00. The summed E-state index contributed by atoms with van der Waals surface area (Å²) < 4.78 is 1.06. The molecule has 1 N–H and O–H groups in total. The summed E-state index contributed by atoms with van der Waals surface area (Å²) in [6.07, 6.45) is 0. The van der Waals surface area contributed by atoms with E-state index in [1.807, 2.05) is 18.2 Å². The van der Waals surface area contributed by atoms with Gasteiger partial charge in [0, 0.05) is 10.0 Å². The third kappa shape index (κ3) is 1.98. The van der Waals surface area contributed by atoms with Crippen LogP contribution in [0.4, 0.5) is 0 Å². The van der Waals surface area contributed by atoms with E-state index in [1.165, 1.54) is 5.56 Å². The molecule has 0 fully saturated rings. The normalized spacial score (nSPS) is 10.9. The number of imidazole rings is 1. The van der Waals surface area contributed by atoms with Gasteiger partial charge in [0.05, 0.1) is 11.0 Å². The molecule has 0 atom stereocenters. The Morgan fingerprint density at radius 3 is 2.82 bits per heavy atom. The predicted molar refractivity (Wildman–Crippen MR) is 74.0 cm³/mol. The number of nitrogens with one attached hydrogen (secondary N) is 1. The van der Waals surface area contributed by atoms with Crippen LogP contribution in [0.1, 0.15) is 5.56 Å². The van der Waals surface area contributed by atoms with Crippen molar-refractivity contribution in [2.24, 2.45) is 0 Å². The average Bonchev–Trinajstić information content (AvgIpc) is 2.72. The highest BCUT2D eigenvalue weighted by Gasteiger charge is 2.05. The van der Waals surface area contributed by atoms with Crippen LogP contribution in [0.25, 0.3) is 22.4 Å². The Kier molecular flexibility index (Phi) is 2.48. The number of nitrogens with zero attached hydrogens (tertiary/aromatic N) is 1. The molecule has 2 nitrogen and oxygen atoms in total. The zero-order valence-electron chi connectivity index (χ0n) is 9.37. The first-order valence-corrected chi connectivity index (χ1v) is 6.24. The van der Waals surface area contributed by atoms with Crippen LogP contribution in [0.2, 0.25) is 0 Å². The quantitative estimate of drug-likeness (QED) is 0.710. The zero-order chi connectivity index (χ0) is 11.8. The summed E-state index contributed by atoms with van der Waals surface area (Å²) in [7, 11) is 0. The van der Waals surface area contributed by atoms with Crippen molar-refractivity contribution in [3.05, 3.63) is 52.5 Å². The molecule has 0 amide bonds. The largest absolute Gasteiger partial charge is 0.338 e. The van der Waals surface area contributed by atoms with Gasteiger partial charge in [-0.1, -0.05) is 34.1 Å². The van der Waals surface area contributed by atoms with Crippen LogP contribution in [0, 0.1) is 6.92 Å². The molecule has 0 unspecified atom stereocenters. The number of aromatic nitrogens is 2. The smallest absolute Gasteiger partial charge is 0.138 e. The zero-order valence-corrected chi connectivity index (χ0v) is 11.0. The fourth-order valence-corrected chi connectivity index (χ4v) is 2.30. The van der Waals surface area contributed by atoms with Crippen LogP contribution < -0.4 is 0 Å². The maximum atomic E-state index is 4.59. The van der Waals surface area contributed by atoms with Gasteiger partial charge in [-0.2, -0.15) is 0 Å². The molecule has 0 aliphatic rings. The van der Waals surface area contributed by atoms with E-state index in [-0.39, 0.29) is 0 Å². The summed E-state index contributed by atoms with van der Waals surface area (Å²) in [6.45, 7) is 2.08. The number of aryl methyl sites for hydroxylation is 1. The fraction of sp³-hybridized carbons (Fsp3) is 0.0714. The molecule has 0 aliphatic heterocycles. The molecular formula is C14H11BrN2. The maximum Gasteiger partial charge on any atom is 0.138 e. The highest BCUT2D eigenvalue weighted by Crippen LogP contribution is 2.23. The fourth-order valence-electron chi connectivity index (χ4n) is 1.90. The van der Waals surface area contributed by atoms with Crippen molar-refractivity contribution in [3.8, 4) is 11.4 Å². The minimum atomic E-state index is 0.909. The summed E-state index contributed by atoms with van der Waals surface area (Å²) in [4.78, 5) is 7.94. The predicted octanol–water partition coefficient (Wildman–Crippen LogP) is 4.30. The van der Waals surface area contributed by atoms with Gasteiger partial charge in [0.15, 0.2) is 0 Å². The Bertz CT molecular complexity index is 686. The summed E-state index contributed by atoms with van der Waals surface area (Å²) in [6, 6.07) is 14.4. The van der Waals surface area contributed by atoms with Crippen molar-refractivity contribution < 1.29 is 0 Å². The van der Waals surface area contributed by atoms with Crippen molar-refractivity contribution in [1.29, 1.82) is 0 Å². The van der Waals surface area contributed by atoms with Gasteiger partial charge in [0.2, 0.25) is 0 Å². The molecule has 1 aromatic heterocycles. The molecule has 0 radical (unpaired) electrons. The van der Waals surface area contributed by atoms with Crippen molar-refractivity contribution in [3.63, 3.8) is 0 Å². The van der Waals surface area contributed by atoms with Gasteiger partial charge in [0.1, 0.15) is 5.82 Å². The lowest BCUT2D eigenvalue weighted by Gasteiger charge is -1.96. The lowest BCUT2D eigenvalue weighted by Crippen LogP contribution is -1.79. The summed E-state index contributed by atoms with van der Waals surface area (Å²) in [5.41, 5.74) is 4.42. The van der Waals surface area contributed by atoms with E-state index in [4.69, 9.17) is 0 Å². The number of hydrogen-bond donors (Lipinski definition) is 1. The summed E-state index contributed by atoms with van der Waals surface area (Å²) >= 11 is 3.47. The number of H-pyrrole nitrogens is 1. The van der Waals surface area contributed by atoms with Crippen LogP contribution in [-0.2, 0) is 0 Å². The Hall–Kier alpha value is -1.61.